The van der Waals surface area contributed by atoms with E-state index in [-0.39, 0.29) is 0 Å². The maximum absolute atomic E-state index is 12.1. The Morgan fingerprint density at radius 3 is 2.13 bits per heavy atom. The van der Waals surface area contributed by atoms with Crippen LogP contribution in [0.5, 0.6) is 0 Å². The van der Waals surface area contributed by atoms with Gasteiger partial charge in [-0.1, -0.05) is 39.5 Å². The molecule has 92 valence electrons. The van der Waals surface area contributed by atoms with Crippen LogP contribution in [0.25, 0.3) is 0 Å². The summed E-state index contributed by atoms with van der Waals surface area (Å²) in [5, 5.41) is 0. The molecule has 0 aliphatic carbocycles. The van der Waals surface area contributed by atoms with Crippen LogP contribution < -0.4 is 0 Å². The summed E-state index contributed by atoms with van der Waals surface area (Å²) in [5.74, 6) is 0. The number of hydrogen-bond acceptors (Lipinski definition) is 2. The highest BCUT2D eigenvalue weighted by Gasteiger charge is 2.22. The van der Waals surface area contributed by atoms with Gasteiger partial charge in [0, 0.05) is 6.16 Å². The van der Waals surface area contributed by atoms with Crippen molar-refractivity contribution in [1.29, 1.82) is 0 Å². The van der Waals surface area contributed by atoms with Gasteiger partial charge in [-0.15, -0.1) is 0 Å². The lowest BCUT2D eigenvalue weighted by Crippen LogP contribution is -2.13. The zero-order valence-corrected chi connectivity index (χ0v) is 11.6. The number of rotatable bonds is 9. The van der Waals surface area contributed by atoms with E-state index >= 15 is 0 Å². The fourth-order valence-electron chi connectivity index (χ4n) is 1.40. The first kappa shape index (κ1) is 15.2. The van der Waals surface area contributed by atoms with Crippen molar-refractivity contribution < 1.29 is 9.09 Å². The Kier molecular flexibility index (Phi) is 8.40. The van der Waals surface area contributed by atoms with Crippen LogP contribution in [0.15, 0.2) is 0 Å². The molecule has 15 heavy (non-hydrogen) atoms. The van der Waals surface area contributed by atoms with E-state index in [9.17, 15) is 4.57 Å². The van der Waals surface area contributed by atoms with Crippen LogP contribution >= 0.6 is 7.52 Å². The minimum absolute atomic E-state index is 0.592. The van der Waals surface area contributed by atoms with Crippen molar-refractivity contribution in [1.82, 2.24) is 4.67 Å². The molecule has 0 heterocycles. The molecule has 0 aromatic heterocycles. The molecule has 0 saturated heterocycles. The molecule has 0 aromatic carbocycles. The van der Waals surface area contributed by atoms with Gasteiger partial charge in [0.1, 0.15) is 0 Å². The molecule has 0 spiro atoms. The van der Waals surface area contributed by atoms with Crippen molar-refractivity contribution in [3.8, 4) is 0 Å². The van der Waals surface area contributed by atoms with Gasteiger partial charge in [0.15, 0.2) is 0 Å². The van der Waals surface area contributed by atoms with Gasteiger partial charge in [0.25, 0.3) is 7.52 Å². The van der Waals surface area contributed by atoms with Crippen molar-refractivity contribution in [3.63, 3.8) is 0 Å². The molecule has 0 N–H and O–H groups in total. The minimum atomic E-state index is -2.49. The lowest BCUT2D eigenvalue weighted by molar-refractivity contribution is 0.273. The van der Waals surface area contributed by atoms with Crippen molar-refractivity contribution in [2.45, 2.75) is 46.0 Å². The summed E-state index contributed by atoms with van der Waals surface area (Å²) in [5.41, 5.74) is 0. The van der Waals surface area contributed by atoms with E-state index in [0.29, 0.717) is 12.8 Å². The van der Waals surface area contributed by atoms with Crippen molar-refractivity contribution in [3.05, 3.63) is 0 Å². The van der Waals surface area contributed by atoms with Crippen molar-refractivity contribution in [2.75, 3.05) is 26.9 Å². The maximum Gasteiger partial charge on any atom is 0.271 e. The smallest absolute Gasteiger partial charge is 0.271 e. The predicted molar refractivity (Wildman–Crippen MR) is 66.5 cm³/mol. The van der Waals surface area contributed by atoms with E-state index in [4.69, 9.17) is 4.52 Å². The molecule has 0 aromatic rings. The second kappa shape index (κ2) is 8.32. The van der Waals surface area contributed by atoms with Crippen LogP contribution in [0, 0.1) is 0 Å². The van der Waals surface area contributed by atoms with Crippen LogP contribution in [-0.4, -0.2) is 31.5 Å². The first-order chi connectivity index (χ1) is 7.06. The van der Waals surface area contributed by atoms with Gasteiger partial charge in [-0.25, -0.2) is 4.67 Å². The molecule has 0 saturated carbocycles. The molecule has 0 bridgehead atoms. The third-order valence-electron chi connectivity index (χ3n) is 2.55. The Morgan fingerprint density at radius 1 is 1.07 bits per heavy atom. The third-order valence-corrected chi connectivity index (χ3v) is 5.15. The van der Waals surface area contributed by atoms with Gasteiger partial charge >= 0.3 is 0 Å². The van der Waals surface area contributed by atoms with Crippen LogP contribution in [0.2, 0.25) is 0 Å². The average molecular weight is 235 g/mol. The molecular formula is C11H26NO2P. The molecular weight excluding hydrogens is 209 g/mol. The number of nitrogens with zero attached hydrogens (tertiary/aromatic N) is 1. The predicted octanol–water partition coefficient (Wildman–Crippen LogP) is 3.75. The Bertz CT molecular complexity index is 195. The van der Waals surface area contributed by atoms with Gasteiger partial charge in [-0.05, 0) is 20.5 Å². The molecule has 0 rings (SSSR count). The Labute approximate surface area is 94.7 Å². The van der Waals surface area contributed by atoms with Crippen LogP contribution in [0.1, 0.15) is 46.0 Å². The van der Waals surface area contributed by atoms with Crippen molar-refractivity contribution in [2.24, 2.45) is 0 Å². The van der Waals surface area contributed by atoms with Gasteiger partial charge in [-0.3, -0.25) is 4.57 Å². The standard InChI is InChI=1S/C11H26NO2P/c1-5-7-8-9-10-11-14-15(13,6-2)12(3)4/h5-11H2,1-4H3. The second-order valence-electron chi connectivity index (χ2n) is 4.05. The first-order valence-corrected chi connectivity index (χ1v) is 7.74. The van der Waals surface area contributed by atoms with Gasteiger partial charge in [-0.2, -0.15) is 0 Å². The summed E-state index contributed by atoms with van der Waals surface area (Å²) < 4.78 is 19.3. The molecule has 1 unspecified atom stereocenters. The minimum Gasteiger partial charge on any atom is -0.317 e. The van der Waals surface area contributed by atoms with E-state index in [2.05, 4.69) is 6.92 Å². The fourth-order valence-corrected chi connectivity index (χ4v) is 2.80. The summed E-state index contributed by atoms with van der Waals surface area (Å²) in [6.45, 7) is 4.75. The molecule has 0 aliphatic rings. The SMILES string of the molecule is CCCCCCCOP(=O)(CC)N(C)C. The zero-order chi connectivity index (χ0) is 11.7. The molecule has 0 fully saturated rings. The van der Waals surface area contributed by atoms with Gasteiger partial charge in [0.05, 0.1) is 6.61 Å². The Balaban J connectivity index is 3.60. The number of hydrogen-bond donors (Lipinski definition) is 0. The first-order valence-electron chi connectivity index (χ1n) is 5.98. The highest BCUT2D eigenvalue weighted by molar-refractivity contribution is 7.56. The lowest BCUT2D eigenvalue weighted by atomic mass is 10.2. The molecule has 0 aliphatic heterocycles. The number of unbranched alkanes of at least 4 members (excludes halogenated alkanes) is 4. The average Bonchev–Trinajstić information content (AvgIpc) is 2.22. The summed E-state index contributed by atoms with van der Waals surface area (Å²) >= 11 is 0. The molecule has 3 nitrogen and oxygen atoms in total. The molecule has 0 radical (unpaired) electrons. The Hall–Kier alpha value is 0.150. The summed E-state index contributed by atoms with van der Waals surface area (Å²) in [7, 11) is 1.15. The van der Waals surface area contributed by atoms with E-state index in [0.717, 1.165) is 6.42 Å². The highest BCUT2D eigenvalue weighted by Crippen LogP contribution is 2.48. The van der Waals surface area contributed by atoms with Crippen LogP contribution in [0.3, 0.4) is 0 Å². The largest absolute Gasteiger partial charge is 0.317 e. The van der Waals surface area contributed by atoms with E-state index < -0.39 is 7.52 Å². The van der Waals surface area contributed by atoms with E-state index in [1.807, 2.05) is 21.0 Å². The molecule has 0 amide bonds. The highest BCUT2D eigenvalue weighted by atomic mass is 31.2. The normalized spacial score (nSPS) is 15.5. The molecule has 4 heteroatoms. The van der Waals surface area contributed by atoms with Gasteiger partial charge < -0.3 is 4.52 Å². The van der Waals surface area contributed by atoms with E-state index in [1.54, 1.807) is 4.67 Å². The maximum atomic E-state index is 12.1. The fraction of sp³-hybridized carbons (Fsp3) is 1.00. The third kappa shape index (κ3) is 6.34. The van der Waals surface area contributed by atoms with E-state index in [1.165, 1.54) is 25.7 Å². The Morgan fingerprint density at radius 2 is 1.67 bits per heavy atom. The van der Waals surface area contributed by atoms with Crippen LogP contribution in [-0.2, 0) is 9.09 Å². The lowest BCUT2D eigenvalue weighted by Gasteiger charge is -2.23. The monoisotopic (exact) mass is 235 g/mol. The summed E-state index contributed by atoms with van der Waals surface area (Å²) in [6.07, 6.45) is 6.61. The summed E-state index contributed by atoms with van der Waals surface area (Å²) in [6, 6.07) is 0. The topological polar surface area (TPSA) is 29.5 Å². The van der Waals surface area contributed by atoms with Crippen molar-refractivity contribution >= 4 is 7.52 Å². The van der Waals surface area contributed by atoms with Gasteiger partial charge in [0.2, 0.25) is 0 Å². The second-order valence-corrected chi connectivity index (χ2v) is 7.01. The van der Waals surface area contributed by atoms with Crippen LogP contribution in [0.4, 0.5) is 0 Å². The molecule has 1 atom stereocenters. The zero-order valence-electron chi connectivity index (χ0n) is 10.7. The quantitative estimate of drug-likeness (QED) is 0.450. The summed E-state index contributed by atoms with van der Waals surface area (Å²) in [4.78, 5) is 0.